The summed E-state index contributed by atoms with van der Waals surface area (Å²) in [6.07, 6.45) is 2.67. The molecule has 2 rings (SSSR count). The minimum Gasteiger partial charge on any atom is -0.497 e. The first-order valence-electron chi connectivity index (χ1n) is 9.06. The zero-order valence-corrected chi connectivity index (χ0v) is 16.2. The fourth-order valence-electron chi connectivity index (χ4n) is 2.81. The molecule has 0 spiro atoms. The van der Waals surface area contributed by atoms with Crippen LogP contribution in [0.4, 0.5) is 8.78 Å². The van der Waals surface area contributed by atoms with E-state index in [0.717, 1.165) is 30.6 Å². The van der Waals surface area contributed by atoms with Gasteiger partial charge >= 0.3 is 6.61 Å². The Hall–Kier alpha value is -2.83. The predicted octanol–water partition coefficient (Wildman–Crippen LogP) is 4.97. The van der Waals surface area contributed by atoms with Crippen molar-refractivity contribution in [2.75, 3.05) is 14.2 Å². The Kier molecular flexibility index (Phi) is 8.04. The lowest BCUT2D eigenvalue weighted by Gasteiger charge is -2.20. The van der Waals surface area contributed by atoms with Crippen molar-refractivity contribution in [1.29, 1.82) is 0 Å². The zero-order valence-electron chi connectivity index (χ0n) is 16.2. The number of methoxy groups -OCH3 is 2. The van der Waals surface area contributed by atoms with Crippen LogP contribution in [0.25, 0.3) is 0 Å². The molecule has 1 atom stereocenters. The summed E-state index contributed by atoms with van der Waals surface area (Å²) in [7, 11) is 2.94. The normalized spacial score (nSPS) is 11.8. The van der Waals surface area contributed by atoms with Crippen LogP contribution < -0.4 is 19.5 Å². The molecule has 2 aromatic rings. The van der Waals surface area contributed by atoms with Crippen LogP contribution >= 0.6 is 0 Å². The van der Waals surface area contributed by atoms with Crippen molar-refractivity contribution in [3.05, 3.63) is 53.6 Å². The Balaban J connectivity index is 2.22. The van der Waals surface area contributed by atoms with Crippen LogP contribution in [0.15, 0.2) is 42.5 Å². The van der Waals surface area contributed by atoms with E-state index in [-0.39, 0.29) is 29.0 Å². The molecule has 0 saturated carbocycles. The fraction of sp³-hybridized carbons (Fsp3) is 0.381. The molecule has 0 aliphatic heterocycles. The fourth-order valence-corrected chi connectivity index (χ4v) is 2.81. The Morgan fingerprint density at radius 2 is 1.75 bits per heavy atom. The molecular formula is C21H25F2NO4. The van der Waals surface area contributed by atoms with E-state index < -0.39 is 6.61 Å². The largest absolute Gasteiger partial charge is 0.497 e. The van der Waals surface area contributed by atoms with Crippen molar-refractivity contribution in [3.8, 4) is 17.2 Å². The molecular weight excluding hydrogens is 368 g/mol. The van der Waals surface area contributed by atoms with E-state index in [1.807, 2.05) is 24.3 Å². The Labute approximate surface area is 163 Å². The van der Waals surface area contributed by atoms with Gasteiger partial charge < -0.3 is 19.5 Å². The molecule has 0 aromatic heterocycles. The van der Waals surface area contributed by atoms with E-state index in [2.05, 4.69) is 17.0 Å². The summed E-state index contributed by atoms with van der Waals surface area (Å²) in [5.41, 5.74) is 1.16. The number of carbonyl (C=O) groups excluding carboxylic acids is 1. The summed E-state index contributed by atoms with van der Waals surface area (Å²) in [5.74, 6) is 0.307. The molecule has 0 saturated heterocycles. The highest BCUT2D eigenvalue weighted by atomic mass is 19.3. The van der Waals surface area contributed by atoms with Crippen molar-refractivity contribution in [2.24, 2.45) is 0 Å². The second-order valence-corrected chi connectivity index (χ2v) is 6.19. The minimum atomic E-state index is -3.01. The maximum atomic E-state index is 12.7. The number of benzene rings is 2. The van der Waals surface area contributed by atoms with E-state index >= 15 is 0 Å². The van der Waals surface area contributed by atoms with Crippen LogP contribution in [-0.2, 0) is 0 Å². The lowest BCUT2D eigenvalue weighted by Crippen LogP contribution is -2.28. The zero-order chi connectivity index (χ0) is 20.5. The standard InChI is InChI=1S/C21H25F2NO4/c1-4-5-6-17(14-7-10-16(26-2)11-8-14)24-20(25)15-9-12-18(27-3)19(13-15)28-21(22)23/h7-13,17,21H,4-6H2,1-3H3,(H,24,25). The van der Waals surface area contributed by atoms with Gasteiger partial charge in [0.25, 0.3) is 5.91 Å². The first-order chi connectivity index (χ1) is 13.5. The van der Waals surface area contributed by atoms with Crippen LogP contribution in [0.3, 0.4) is 0 Å². The van der Waals surface area contributed by atoms with Crippen LogP contribution in [0, 0.1) is 0 Å². The van der Waals surface area contributed by atoms with Crippen molar-refractivity contribution in [2.45, 2.75) is 38.8 Å². The third-order valence-electron chi connectivity index (χ3n) is 4.31. The SMILES string of the molecule is CCCCC(NC(=O)c1ccc(OC)c(OC(F)F)c1)c1ccc(OC)cc1. The third-order valence-corrected chi connectivity index (χ3v) is 4.31. The van der Waals surface area contributed by atoms with E-state index in [4.69, 9.17) is 9.47 Å². The average molecular weight is 393 g/mol. The number of halogens is 2. The number of nitrogens with one attached hydrogen (secondary N) is 1. The maximum Gasteiger partial charge on any atom is 0.387 e. The van der Waals surface area contributed by atoms with Crippen LogP contribution in [0.2, 0.25) is 0 Å². The van der Waals surface area contributed by atoms with Gasteiger partial charge in [-0.1, -0.05) is 31.9 Å². The highest BCUT2D eigenvalue weighted by Gasteiger charge is 2.18. The lowest BCUT2D eigenvalue weighted by molar-refractivity contribution is -0.0512. The van der Waals surface area contributed by atoms with Gasteiger partial charge in [0.1, 0.15) is 5.75 Å². The summed E-state index contributed by atoms with van der Waals surface area (Å²) in [4.78, 5) is 12.7. The molecule has 0 fully saturated rings. The molecule has 0 aliphatic carbocycles. The smallest absolute Gasteiger partial charge is 0.387 e. The number of unbranched alkanes of at least 4 members (excludes halogenated alkanes) is 1. The summed E-state index contributed by atoms with van der Waals surface area (Å²) >= 11 is 0. The number of alkyl halides is 2. The number of carbonyl (C=O) groups is 1. The number of hydrogen-bond donors (Lipinski definition) is 1. The second kappa shape index (κ2) is 10.5. The summed E-state index contributed by atoms with van der Waals surface area (Å²) < 4.78 is 39.9. The Bertz CT molecular complexity index is 766. The van der Waals surface area contributed by atoms with Crippen LogP contribution in [0.1, 0.15) is 48.1 Å². The van der Waals surface area contributed by atoms with Gasteiger partial charge in [-0.25, -0.2) is 0 Å². The third kappa shape index (κ3) is 5.84. The van der Waals surface area contributed by atoms with E-state index in [1.54, 1.807) is 7.11 Å². The van der Waals surface area contributed by atoms with Crippen molar-refractivity contribution >= 4 is 5.91 Å². The molecule has 0 aliphatic rings. The summed E-state index contributed by atoms with van der Waals surface area (Å²) in [5, 5.41) is 2.98. The topological polar surface area (TPSA) is 56.8 Å². The highest BCUT2D eigenvalue weighted by Crippen LogP contribution is 2.30. The number of ether oxygens (including phenoxy) is 3. The average Bonchev–Trinajstić information content (AvgIpc) is 2.70. The molecule has 2 aromatic carbocycles. The molecule has 152 valence electrons. The maximum absolute atomic E-state index is 12.7. The Morgan fingerprint density at radius 3 is 2.32 bits per heavy atom. The number of rotatable bonds is 10. The summed E-state index contributed by atoms with van der Waals surface area (Å²) in [6.45, 7) is -0.937. The molecule has 0 bridgehead atoms. The van der Waals surface area contributed by atoms with Crippen LogP contribution in [0.5, 0.6) is 17.2 Å². The molecule has 0 heterocycles. The van der Waals surface area contributed by atoms with Gasteiger partial charge in [0, 0.05) is 5.56 Å². The highest BCUT2D eigenvalue weighted by molar-refractivity contribution is 5.95. The first kappa shape index (κ1) is 21.5. The first-order valence-corrected chi connectivity index (χ1v) is 9.06. The van der Waals surface area contributed by atoms with Crippen LogP contribution in [-0.4, -0.2) is 26.7 Å². The van der Waals surface area contributed by atoms with Crippen molar-refractivity contribution < 1.29 is 27.8 Å². The van der Waals surface area contributed by atoms with Gasteiger partial charge in [-0.05, 0) is 42.3 Å². The number of amides is 1. The molecule has 28 heavy (non-hydrogen) atoms. The number of hydrogen-bond acceptors (Lipinski definition) is 4. The molecule has 1 amide bonds. The summed E-state index contributed by atoms with van der Waals surface area (Å²) in [6, 6.07) is 11.5. The molecule has 7 heteroatoms. The van der Waals surface area contributed by atoms with Gasteiger partial charge in [-0.3, -0.25) is 4.79 Å². The molecule has 1 N–H and O–H groups in total. The Morgan fingerprint density at radius 1 is 1.04 bits per heavy atom. The van der Waals surface area contributed by atoms with Crippen molar-refractivity contribution in [1.82, 2.24) is 5.32 Å². The molecule has 0 radical (unpaired) electrons. The van der Waals surface area contributed by atoms with E-state index in [1.165, 1.54) is 25.3 Å². The monoisotopic (exact) mass is 393 g/mol. The van der Waals surface area contributed by atoms with Crippen molar-refractivity contribution in [3.63, 3.8) is 0 Å². The van der Waals surface area contributed by atoms with Gasteiger partial charge in [0.15, 0.2) is 11.5 Å². The lowest BCUT2D eigenvalue weighted by atomic mass is 10.0. The molecule has 5 nitrogen and oxygen atoms in total. The van der Waals surface area contributed by atoms with Gasteiger partial charge in [-0.2, -0.15) is 8.78 Å². The van der Waals surface area contributed by atoms with Gasteiger partial charge in [0.05, 0.1) is 20.3 Å². The molecule has 1 unspecified atom stereocenters. The quantitative estimate of drug-likeness (QED) is 0.619. The minimum absolute atomic E-state index is 0.134. The van der Waals surface area contributed by atoms with Gasteiger partial charge in [0.2, 0.25) is 0 Å². The predicted molar refractivity (Wildman–Crippen MR) is 102 cm³/mol. The van der Waals surface area contributed by atoms with Gasteiger partial charge in [-0.15, -0.1) is 0 Å². The second-order valence-electron chi connectivity index (χ2n) is 6.19. The van der Waals surface area contributed by atoms with E-state index in [9.17, 15) is 13.6 Å². The van der Waals surface area contributed by atoms with E-state index in [0.29, 0.717) is 0 Å².